The molecule has 0 aliphatic rings. The van der Waals surface area contributed by atoms with Crippen LogP contribution in [0.1, 0.15) is 12.1 Å². The minimum Gasteiger partial charge on any atom is -0.330 e. The van der Waals surface area contributed by atoms with Crippen molar-refractivity contribution in [2.45, 2.75) is 13.0 Å². The summed E-state index contributed by atoms with van der Waals surface area (Å²) in [5.41, 5.74) is 5.82. The molecule has 0 atom stereocenters. The Morgan fingerprint density at radius 3 is 2.87 bits per heavy atom. The molecule has 3 N–H and O–H groups in total. The first-order chi connectivity index (χ1) is 7.14. The number of nitrogens with two attached hydrogens (primary N) is 1. The van der Waals surface area contributed by atoms with Crippen LogP contribution in [0.3, 0.4) is 0 Å². The highest BCUT2D eigenvalue weighted by molar-refractivity contribution is 7.89. The van der Waals surface area contributed by atoms with Crippen LogP contribution in [-0.4, -0.2) is 30.9 Å². The zero-order chi connectivity index (χ0) is 11.1. The van der Waals surface area contributed by atoms with E-state index in [0.717, 1.165) is 0 Å². The van der Waals surface area contributed by atoms with Gasteiger partial charge in [0.15, 0.2) is 0 Å². The molecule has 84 valence electrons. The maximum Gasteiger partial charge on any atom is 0.211 e. The van der Waals surface area contributed by atoms with E-state index in [1.54, 1.807) is 12.1 Å². The number of aromatic nitrogens is 2. The second-order valence-electron chi connectivity index (χ2n) is 3.00. The second kappa shape index (κ2) is 5.74. The molecule has 0 amide bonds. The average molecular weight is 230 g/mol. The van der Waals surface area contributed by atoms with Crippen molar-refractivity contribution < 1.29 is 8.42 Å². The molecular formula is C8H14N4O2S. The minimum atomic E-state index is -3.24. The smallest absolute Gasteiger partial charge is 0.211 e. The molecule has 0 bridgehead atoms. The van der Waals surface area contributed by atoms with Gasteiger partial charge in [-0.1, -0.05) is 0 Å². The van der Waals surface area contributed by atoms with Crippen molar-refractivity contribution in [3.8, 4) is 0 Å². The Kier molecular flexibility index (Phi) is 4.60. The Balaban J connectivity index is 2.43. The van der Waals surface area contributed by atoms with Crippen LogP contribution in [0.2, 0.25) is 0 Å². The summed E-state index contributed by atoms with van der Waals surface area (Å²) in [7, 11) is -3.24. The van der Waals surface area contributed by atoms with Crippen molar-refractivity contribution in [3.63, 3.8) is 0 Å². The Bertz CT molecular complexity index is 379. The van der Waals surface area contributed by atoms with Gasteiger partial charge in [0.25, 0.3) is 0 Å². The first-order valence-electron chi connectivity index (χ1n) is 4.58. The highest BCUT2D eigenvalue weighted by Crippen LogP contribution is 1.94. The third-order valence-electron chi connectivity index (χ3n) is 1.72. The van der Waals surface area contributed by atoms with Crippen LogP contribution in [0.4, 0.5) is 0 Å². The first kappa shape index (κ1) is 12.0. The van der Waals surface area contributed by atoms with Gasteiger partial charge in [0, 0.05) is 6.20 Å². The van der Waals surface area contributed by atoms with Crippen molar-refractivity contribution in [3.05, 3.63) is 24.0 Å². The zero-order valence-electron chi connectivity index (χ0n) is 8.26. The number of rotatable bonds is 6. The molecular weight excluding hydrogens is 216 g/mol. The van der Waals surface area contributed by atoms with E-state index in [2.05, 4.69) is 14.9 Å². The quantitative estimate of drug-likeness (QED) is 0.669. The second-order valence-corrected chi connectivity index (χ2v) is 4.92. The van der Waals surface area contributed by atoms with E-state index in [1.165, 1.54) is 6.20 Å². The van der Waals surface area contributed by atoms with Gasteiger partial charge >= 0.3 is 0 Å². The first-order valence-corrected chi connectivity index (χ1v) is 6.23. The van der Waals surface area contributed by atoms with E-state index in [1.807, 2.05) is 0 Å². The summed E-state index contributed by atoms with van der Waals surface area (Å²) in [6.07, 6.45) is 1.99. The fraction of sp³-hybridized carbons (Fsp3) is 0.500. The number of hydrogen-bond acceptors (Lipinski definition) is 5. The van der Waals surface area contributed by atoms with E-state index in [4.69, 9.17) is 5.73 Å². The van der Waals surface area contributed by atoms with Crippen molar-refractivity contribution in [2.24, 2.45) is 5.73 Å². The SMILES string of the molecule is NCCCS(=O)(=O)NCc1cccnn1. The fourth-order valence-electron chi connectivity index (χ4n) is 0.957. The van der Waals surface area contributed by atoms with Gasteiger partial charge in [-0.25, -0.2) is 13.1 Å². The Hall–Kier alpha value is -1.05. The molecule has 0 spiro atoms. The molecule has 7 heteroatoms. The summed E-state index contributed by atoms with van der Waals surface area (Å²) >= 11 is 0. The molecule has 0 aliphatic carbocycles. The zero-order valence-corrected chi connectivity index (χ0v) is 9.07. The van der Waals surface area contributed by atoms with Crippen molar-refractivity contribution in [1.82, 2.24) is 14.9 Å². The van der Waals surface area contributed by atoms with E-state index in [0.29, 0.717) is 18.7 Å². The summed E-state index contributed by atoms with van der Waals surface area (Å²) in [5, 5.41) is 7.40. The molecule has 0 radical (unpaired) electrons. The van der Waals surface area contributed by atoms with Crippen molar-refractivity contribution >= 4 is 10.0 Å². The van der Waals surface area contributed by atoms with Crippen molar-refractivity contribution in [1.29, 1.82) is 0 Å². The molecule has 1 heterocycles. The number of sulfonamides is 1. The molecule has 1 aromatic rings. The van der Waals surface area contributed by atoms with E-state index in [9.17, 15) is 8.42 Å². The average Bonchev–Trinajstić information content (AvgIpc) is 2.25. The van der Waals surface area contributed by atoms with Gasteiger partial charge in [0.1, 0.15) is 0 Å². The lowest BCUT2D eigenvalue weighted by atomic mass is 10.4. The van der Waals surface area contributed by atoms with Crippen LogP contribution >= 0.6 is 0 Å². The minimum absolute atomic E-state index is 0.0454. The maximum atomic E-state index is 11.3. The third-order valence-corrected chi connectivity index (χ3v) is 3.13. The molecule has 0 saturated carbocycles. The Morgan fingerprint density at radius 1 is 1.47 bits per heavy atom. The molecule has 0 aromatic carbocycles. The third kappa shape index (κ3) is 4.82. The molecule has 6 nitrogen and oxygen atoms in total. The van der Waals surface area contributed by atoms with E-state index < -0.39 is 10.0 Å². The summed E-state index contributed by atoms with van der Waals surface area (Å²) in [5.74, 6) is 0.0454. The van der Waals surface area contributed by atoms with E-state index in [-0.39, 0.29) is 12.3 Å². The Labute approximate surface area is 88.9 Å². The van der Waals surface area contributed by atoms with Crippen LogP contribution in [0.15, 0.2) is 18.3 Å². The highest BCUT2D eigenvalue weighted by atomic mass is 32.2. The summed E-state index contributed by atoms with van der Waals surface area (Å²) in [6, 6.07) is 3.41. The molecule has 1 aromatic heterocycles. The standard InChI is InChI=1S/C8H14N4O2S/c9-4-2-6-15(13,14)11-7-8-3-1-5-10-12-8/h1,3,5,11H,2,4,6-7,9H2. The molecule has 0 aliphatic heterocycles. The fourth-order valence-corrected chi connectivity index (χ4v) is 2.02. The number of nitrogens with one attached hydrogen (secondary N) is 1. The monoisotopic (exact) mass is 230 g/mol. The van der Waals surface area contributed by atoms with Gasteiger partial charge in [-0.3, -0.25) is 0 Å². The maximum absolute atomic E-state index is 11.3. The predicted molar refractivity (Wildman–Crippen MR) is 56.3 cm³/mol. The topological polar surface area (TPSA) is 98.0 Å². The predicted octanol–water partition coefficient (Wildman–Crippen LogP) is -0.755. The Morgan fingerprint density at radius 2 is 2.27 bits per heavy atom. The van der Waals surface area contributed by atoms with Crippen LogP contribution in [0.25, 0.3) is 0 Å². The van der Waals surface area contributed by atoms with Crippen molar-refractivity contribution in [2.75, 3.05) is 12.3 Å². The van der Waals surface area contributed by atoms with Gasteiger partial charge < -0.3 is 5.73 Å². The lowest BCUT2D eigenvalue weighted by Crippen LogP contribution is -2.27. The normalized spacial score (nSPS) is 11.5. The van der Waals surface area contributed by atoms with Crippen LogP contribution in [0, 0.1) is 0 Å². The summed E-state index contributed by atoms with van der Waals surface area (Å²) in [4.78, 5) is 0. The number of nitrogens with zero attached hydrogens (tertiary/aromatic N) is 2. The van der Waals surface area contributed by atoms with Gasteiger partial charge in [0.05, 0.1) is 18.0 Å². The summed E-state index contributed by atoms with van der Waals surface area (Å²) in [6.45, 7) is 0.535. The van der Waals surface area contributed by atoms with Gasteiger partial charge in [-0.15, -0.1) is 0 Å². The van der Waals surface area contributed by atoms with Gasteiger partial charge in [0.2, 0.25) is 10.0 Å². The van der Waals surface area contributed by atoms with Crippen LogP contribution < -0.4 is 10.5 Å². The van der Waals surface area contributed by atoms with Gasteiger partial charge in [-0.05, 0) is 25.1 Å². The molecule has 0 saturated heterocycles. The lowest BCUT2D eigenvalue weighted by molar-refractivity contribution is 0.577. The van der Waals surface area contributed by atoms with E-state index >= 15 is 0 Å². The molecule has 1 rings (SSSR count). The molecule has 15 heavy (non-hydrogen) atoms. The lowest BCUT2D eigenvalue weighted by Gasteiger charge is -2.04. The highest BCUT2D eigenvalue weighted by Gasteiger charge is 2.08. The molecule has 0 fully saturated rings. The van der Waals surface area contributed by atoms with Gasteiger partial charge in [-0.2, -0.15) is 10.2 Å². The van der Waals surface area contributed by atoms with Crippen LogP contribution in [-0.2, 0) is 16.6 Å². The van der Waals surface area contributed by atoms with Crippen LogP contribution in [0.5, 0.6) is 0 Å². The largest absolute Gasteiger partial charge is 0.330 e. The number of hydrogen-bond donors (Lipinski definition) is 2. The molecule has 0 unspecified atom stereocenters. The summed E-state index contributed by atoms with van der Waals surface area (Å²) < 4.78 is 25.1.